The van der Waals surface area contributed by atoms with E-state index in [0.717, 1.165) is 45.5 Å². The second-order valence-electron chi connectivity index (χ2n) is 8.86. The van der Waals surface area contributed by atoms with Crippen molar-refractivity contribution in [3.63, 3.8) is 0 Å². The van der Waals surface area contributed by atoms with Gasteiger partial charge in [0.25, 0.3) is 5.91 Å². The Balaban J connectivity index is 1.71. The number of fused-ring (bicyclic) bond motifs is 1. The molecule has 0 spiro atoms. The maximum absolute atomic E-state index is 13.1. The van der Waals surface area contributed by atoms with Crippen LogP contribution < -0.4 is 10.6 Å². The normalized spacial score (nSPS) is 14.0. The summed E-state index contributed by atoms with van der Waals surface area (Å²) in [5.74, 6) is -0.990. The van der Waals surface area contributed by atoms with Gasteiger partial charge in [0.05, 0.1) is 17.0 Å². The van der Waals surface area contributed by atoms with Gasteiger partial charge in [0.2, 0.25) is 0 Å². The Morgan fingerprint density at radius 2 is 1.63 bits per heavy atom. The average molecular weight is 534 g/mol. The number of carbonyl (C=O) groups excluding carboxylic acids is 1. The van der Waals surface area contributed by atoms with Crippen LogP contribution in [0.4, 0.5) is 11.4 Å². The lowest BCUT2D eigenvalue weighted by Crippen LogP contribution is -2.15. The van der Waals surface area contributed by atoms with Crippen molar-refractivity contribution in [3.8, 4) is 0 Å². The number of nitrogens with zero attached hydrogens (tertiary/aromatic N) is 1. The highest BCUT2D eigenvalue weighted by molar-refractivity contribution is 9.10. The van der Waals surface area contributed by atoms with Gasteiger partial charge in [-0.15, -0.1) is 0 Å². The first-order valence-electron chi connectivity index (χ1n) is 11.5. The minimum absolute atomic E-state index is 0.0797. The van der Waals surface area contributed by atoms with E-state index in [1.807, 2.05) is 54.6 Å². The van der Waals surface area contributed by atoms with Crippen LogP contribution in [0.1, 0.15) is 28.7 Å². The fourth-order valence-electron chi connectivity index (χ4n) is 4.01. The van der Waals surface area contributed by atoms with Crippen molar-refractivity contribution in [1.82, 2.24) is 4.90 Å². The van der Waals surface area contributed by atoms with Gasteiger partial charge in [-0.1, -0.05) is 58.4 Å². The summed E-state index contributed by atoms with van der Waals surface area (Å²) < 4.78 is 0.892. The number of benzene rings is 3. The molecule has 0 saturated carbocycles. The Morgan fingerprint density at radius 3 is 2.29 bits per heavy atom. The summed E-state index contributed by atoms with van der Waals surface area (Å²) in [6.45, 7) is 0.975. The zero-order valence-electron chi connectivity index (χ0n) is 19.8. The molecule has 180 valence electrons. The Labute approximate surface area is 213 Å². The van der Waals surface area contributed by atoms with E-state index >= 15 is 0 Å². The minimum Gasteiger partial charge on any atom is -0.481 e. The Bertz CT molecular complexity index is 1270. The van der Waals surface area contributed by atoms with Gasteiger partial charge in [-0.2, -0.15) is 0 Å². The van der Waals surface area contributed by atoms with Crippen LogP contribution in [0.3, 0.4) is 0 Å². The molecule has 0 saturated heterocycles. The van der Waals surface area contributed by atoms with Gasteiger partial charge in [-0.3, -0.25) is 9.59 Å². The Kier molecular flexibility index (Phi) is 7.68. The second kappa shape index (κ2) is 10.9. The van der Waals surface area contributed by atoms with Crippen molar-refractivity contribution in [2.75, 3.05) is 31.3 Å². The molecule has 4 rings (SSSR count). The van der Waals surface area contributed by atoms with E-state index in [-0.39, 0.29) is 12.3 Å². The summed E-state index contributed by atoms with van der Waals surface area (Å²) in [6, 6.07) is 21.7. The molecule has 1 aliphatic rings. The predicted octanol–water partition coefficient (Wildman–Crippen LogP) is 5.50. The second-order valence-corrected chi connectivity index (χ2v) is 9.78. The lowest BCUT2D eigenvalue weighted by atomic mass is 9.98. The zero-order chi connectivity index (χ0) is 24.9. The monoisotopic (exact) mass is 533 g/mol. The molecular weight excluding hydrogens is 506 g/mol. The van der Waals surface area contributed by atoms with Crippen LogP contribution in [0.2, 0.25) is 0 Å². The highest BCUT2D eigenvalue weighted by atomic mass is 79.9. The molecule has 6 nitrogen and oxygen atoms in total. The molecule has 0 bridgehead atoms. The van der Waals surface area contributed by atoms with Crippen molar-refractivity contribution in [3.05, 3.63) is 93.5 Å². The molecule has 3 N–H and O–H groups in total. The Morgan fingerprint density at radius 1 is 0.971 bits per heavy atom. The van der Waals surface area contributed by atoms with Gasteiger partial charge >= 0.3 is 5.97 Å². The van der Waals surface area contributed by atoms with Crippen molar-refractivity contribution in [2.24, 2.45) is 0 Å². The van der Waals surface area contributed by atoms with Crippen molar-refractivity contribution in [1.29, 1.82) is 0 Å². The van der Waals surface area contributed by atoms with E-state index in [2.05, 4.69) is 57.7 Å². The van der Waals surface area contributed by atoms with Gasteiger partial charge < -0.3 is 20.6 Å². The SMILES string of the molecule is CN(C)CCc1ccc(N/C(=C2\C(=O)Nc3cc(Br)ccc32)c2ccc(CCC(=O)O)cc2)cc1. The van der Waals surface area contributed by atoms with Crippen LogP contribution in [-0.4, -0.2) is 42.5 Å². The number of carboxylic acids is 1. The summed E-state index contributed by atoms with van der Waals surface area (Å²) in [5, 5.41) is 15.4. The first-order chi connectivity index (χ1) is 16.8. The third kappa shape index (κ3) is 6.18. The molecule has 0 aromatic heterocycles. The molecule has 0 aliphatic carbocycles. The number of aryl methyl sites for hydroxylation is 1. The number of halogens is 1. The lowest BCUT2D eigenvalue weighted by molar-refractivity contribution is -0.137. The van der Waals surface area contributed by atoms with E-state index in [4.69, 9.17) is 5.11 Å². The van der Waals surface area contributed by atoms with E-state index in [9.17, 15) is 9.59 Å². The van der Waals surface area contributed by atoms with E-state index in [1.165, 1.54) is 5.56 Å². The molecule has 0 unspecified atom stereocenters. The van der Waals surface area contributed by atoms with E-state index in [1.54, 1.807) is 0 Å². The van der Waals surface area contributed by atoms with Crippen LogP contribution in [-0.2, 0) is 22.4 Å². The predicted molar refractivity (Wildman–Crippen MR) is 144 cm³/mol. The smallest absolute Gasteiger partial charge is 0.303 e. The molecule has 0 fully saturated rings. The topological polar surface area (TPSA) is 81.7 Å². The molecule has 0 radical (unpaired) electrons. The molecule has 3 aromatic rings. The standard InChI is InChI=1S/C28H28BrN3O3/c1-32(2)16-15-19-5-11-22(12-6-19)30-27(20-8-3-18(4-9-20)7-14-25(33)34)26-23-13-10-21(29)17-24(23)31-28(26)35/h3-6,8-13,17,30H,7,14-16H2,1-2H3,(H,31,35)(H,33,34)/b27-26-. The fraction of sp³-hybridized carbons (Fsp3) is 0.214. The summed E-state index contributed by atoms with van der Waals surface area (Å²) in [6.07, 6.45) is 1.50. The first kappa shape index (κ1) is 24.7. The number of likely N-dealkylation sites (N-methyl/N-ethyl adjacent to an activating group) is 1. The van der Waals surface area contributed by atoms with Gasteiger partial charge in [-0.05, 0) is 67.9 Å². The summed E-state index contributed by atoms with van der Waals surface area (Å²) in [7, 11) is 4.12. The molecule has 1 aliphatic heterocycles. The van der Waals surface area contributed by atoms with Crippen LogP contribution in [0.25, 0.3) is 11.3 Å². The highest BCUT2D eigenvalue weighted by Gasteiger charge is 2.28. The number of aliphatic carboxylic acids is 1. The van der Waals surface area contributed by atoms with Crippen molar-refractivity contribution < 1.29 is 14.7 Å². The number of carbonyl (C=O) groups is 2. The molecular formula is C28H28BrN3O3. The quantitative estimate of drug-likeness (QED) is 0.316. The maximum atomic E-state index is 13.1. The fourth-order valence-corrected chi connectivity index (χ4v) is 4.37. The Hall–Kier alpha value is -3.42. The molecule has 1 heterocycles. The largest absolute Gasteiger partial charge is 0.481 e. The third-order valence-electron chi connectivity index (χ3n) is 5.92. The van der Waals surface area contributed by atoms with Gasteiger partial charge in [0.1, 0.15) is 0 Å². The summed E-state index contributed by atoms with van der Waals surface area (Å²) in [5.41, 5.74) is 6.78. The van der Waals surface area contributed by atoms with Gasteiger partial charge in [0, 0.05) is 28.7 Å². The average Bonchev–Trinajstić information content (AvgIpc) is 3.15. The van der Waals surface area contributed by atoms with E-state index < -0.39 is 5.97 Å². The van der Waals surface area contributed by atoms with Crippen LogP contribution in [0.15, 0.2) is 71.2 Å². The van der Waals surface area contributed by atoms with Gasteiger partial charge in [-0.25, -0.2) is 0 Å². The van der Waals surface area contributed by atoms with Gasteiger partial charge in [0.15, 0.2) is 0 Å². The van der Waals surface area contributed by atoms with Crippen molar-refractivity contribution in [2.45, 2.75) is 19.3 Å². The maximum Gasteiger partial charge on any atom is 0.303 e. The lowest BCUT2D eigenvalue weighted by Gasteiger charge is -2.16. The molecule has 7 heteroatoms. The molecule has 3 aromatic carbocycles. The number of anilines is 2. The van der Waals surface area contributed by atoms with Crippen LogP contribution in [0.5, 0.6) is 0 Å². The number of hydrogen-bond donors (Lipinski definition) is 3. The number of amides is 1. The third-order valence-corrected chi connectivity index (χ3v) is 6.41. The molecule has 35 heavy (non-hydrogen) atoms. The van der Waals surface area contributed by atoms with Crippen LogP contribution >= 0.6 is 15.9 Å². The number of rotatable bonds is 9. The van der Waals surface area contributed by atoms with E-state index in [0.29, 0.717) is 17.7 Å². The summed E-state index contributed by atoms with van der Waals surface area (Å²) >= 11 is 3.47. The molecule has 0 atom stereocenters. The number of hydrogen-bond acceptors (Lipinski definition) is 4. The number of carboxylic acid groups (broad SMARTS) is 1. The number of nitrogens with one attached hydrogen (secondary N) is 2. The van der Waals surface area contributed by atoms with Crippen molar-refractivity contribution >= 4 is 50.5 Å². The zero-order valence-corrected chi connectivity index (χ0v) is 21.4. The highest BCUT2D eigenvalue weighted by Crippen LogP contribution is 2.39. The first-order valence-corrected chi connectivity index (χ1v) is 12.3. The van der Waals surface area contributed by atoms with Crippen LogP contribution in [0, 0.1) is 0 Å². The molecule has 1 amide bonds. The minimum atomic E-state index is -0.821. The summed E-state index contributed by atoms with van der Waals surface area (Å²) in [4.78, 5) is 26.2.